The Kier molecular flexibility index (Phi) is 3.82. The van der Waals surface area contributed by atoms with Crippen molar-refractivity contribution in [2.45, 2.75) is 13.3 Å². The van der Waals surface area contributed by atoms with Gasteiger partial charge in [0.1, 0.15) is 23.8 Å². The summed E-state index contributed by atoms with van der Waals surface area (Å²) >= 11 is 0. The van der Waals surface area contributed by atoms with E-state index in [9.17, 15) is 8.78 Å². The maximum atomic E-state index is 13.3. The summed E-state index contributed by atoms with van der Waals surface area (Å²) in [6.07, 6.45) is 1.71. The van der Waals surface area contributed by atoms with Crippen LogP contribution >= 0.6 is 0 Å². The lowest BCUT2D eigenvalue weighted by atomic mass is 10.1. The second-order valence-electron chi connectivity index (χ2n) is 3.92. The summed E-state index contributed by atoms with van der Waals surface area (Å²) in [5.41, 5.74) is 0.931. The molecular weight excluding hydrogens is 236 g/mol. The van der Waals surface area contributed by atoms with E-state index in [1.807, 2.05) is 6.92 Å². The van der Waals surface area contributed by atoms with Crippen molar-refractivity contribution in [3.05, 3.63) is 53.5 Å². The first kappa shape index (κ1) is 12.4. The maximum absolute atomic E-state index is 13.3. The number of nitrogens with one attached hydrogen (secondary N) is 1. The van der Waals surface area contributed by atoms with E-state index in [-0.39, 0.29) is 12.0 Å². The van der Waals surface area contributed by atoms with E-state index >= 15 is 0 Å². The Hall–Kier alpha value is -2.04. The Morgan fingerprint density at radius 1 is 1.17 bits per heavy atom. The van der Waals surface area contributed by atoms with Crippen molar-refractivity contribution < 1.29 is 8.78 Å². The van der Waals surface area contributed by atoms with Crippen LogP contribution < -0.4 is 5.32 Å². The number of aromatic nitrogens is 2. The van der Waals surface area contributed by atoms with Crippen LogP contribution in [0.3, 0.4) is 0 Å². The van der Waals surface area contributed by atoms with E-state index in [1.54, 1.807) is 6.07 Å². The number of nitrogens with zero attached hydrogens (tertiary/aromatic N) is 2. The van der Waals surface area contributed by atoms with Crippen LogP contribution in [0.25, 0.3) is 0 Å². The molecule has 0 atom stereocenters. The standard InChI is InChI=1S/C13H13F2N3/c1-9-7-13(18-8-17-9)16-6-5-10-11(14)3-2-4-12(10)15/h2-4,7-8H,5-6H2,1H3,(H,16,17,18). The van der Waals surface area contributed by atoms with Crippen LogP contribution in [0.4, 0.5) is 14.6 Å². The monoisotopic (exact) mass is 249 g/mol. The van der Waals surface area contributed by atoms with Crippen molar-refractivity contribution in [3.8, 4) is 0 Å². The van der Waals surface area contributed by atoms with Gasteiger partial charge in [-0.2, -0.15) is 0 Å². The molecule has 0 fully saturated rings. The molecule has 3 nitrogen and oxygen atoms in total. The van der Waals surface area contributed by atoms with Crippen molar-refractivity contribution in [1.82, 2.24) is 9.97 Å². The quantitative estimate of drug-likeness (QED) is 0.905. The minimum atomic E-state index is -0.518. The van der Waals surface area contributed by atoms with Gasteiger partial charge >= 0.3 is 0 Å². The van der Waals surface area contributed by atoms with Gasteiger partial charge < -0.3 is 5.32 Å². The summed E-state index contributed by atoms with van der Waals surface area (Å²) in [6, 6.07) is 5.65. The van der Waals surface area contributed by atoms with Gasteiger partial charge in [0.15, 0.2) is 0 Å². The molecule has 0 aliphatic heterocycles. The van der Waals surface area contributed by atoms with Crippen LogP contribution in [0.1, 0.15) is 11.3 Å². The van der Waals surface area contributed by atoms with Gasteiger partial charge in [-0.15, -0.1) is 0 Å². The first-order valence-electron chi connectivity index (χ1n) is 5.62. The van der Waals surface area contributed by atoms with Crippen molar-refractivity contribution in [2.24, 2.45) is 0 Å². The Morgan fingerprint density at radius 3 is 2.56 bits per heavy atom. The highest BCUT2D eigenvalue weighted by Gasteiger charge is 2.07. The van der Waals surface area contributed by atoms with Crippen LogP contribution in [0, 0.1) is 18.6 Å². The van der Waals surface area contributed by atoms with E-state index in [1.165, 1.54) is 24.5 Å². The number of hydrogen-bond acceptors (Lipinski definition) is 3. The zero-order chi connectivity index (χ0) is 13.0. The molecule has 1 heterocycles. The zero-order valence-corrected chi connectivity index (χ0v) is 9.95. The van der Waals surface area contributed by atoms with Crippen LogP contribution in [0.5, 0.6) is 0 Å². The molecule has 94 valence electrons. The highest BCUT2D eigenvalue weighted by atomic mass is 19.1. The van der Waals surface area contributed by atoms with Crippen molar-refractivity contribution >= 4 is 5.82 Å². The molecular formula is C13H13F2N3. The molecule has 0 radical (unpaired) electrons. The predicted molar refractivity (Wildman–Crippen MR) is 65.3 cm³/mol. The van der Waals surface area contributed by atoms with Crippen molar-refractivity contribution in [1.29, 1.82) is 0 Å². The average Bonchev–Trinajstić information content (AvgIpc) is 2.33. The fourth-order valence-corrected chi connectivity index (χ4v) is 1.64. The summed E-state index contributed by atoms with van der Waals surface area (Å²) in [4.78, 5) is 7.97. The van der Waals surface area contributed by atoms with Crippen molar-refractivity contribution in [3.63, 3.8) is 0 Å². The van der Waals surface area contributed by atoms with Gasteiger partial charge in [-0.25, -0.2) is 18.7 Å². The van der Waals surface area contributed by atoms with Crippen LogP contribution in [-0.4, -0.2) is 16.5 Å². The lowest BCUT2D eigenvalue weighted by Gasteiger charge is -2.07. The Bertz CT molecular complexity index is 523. The lowest BCUT2D eigenvalue weighted by Crippen LogP contribution is -2.09. The summed E-state index contributed by atoms with van der Waals surface area (Å²) in [7, 11) is 0. The molecule has 18 heavy (non-hydrogen) atoms. The summed E-state index contributed by atoms with van der Waals surface area (Å²) in [5, 5.41) is 3.00. The third kappa shape index (κ3) is 3.00. The van der Waals surface area contributed by atoms with Gasteiger partial charge in [0, 0.05) is 23.9 Å². The fraction of sp³-hybridized carbons (Fsp3) is 0.231. The number of anilines is 1. The normalized spacial score (nSPS) is 10.4. The highest BCUT2D eigenvalue weighted by Crippen LogP contribution is 2.13. The molecule has 2 aromatic rings. The van der Waals surface area contributed by atoms with Gasteiger partial charge in [-0.3, -0.25) is 0 Å². The third-order valence-corrected chi connectivity index (χ3v) is 2.55. The van der Waals surface area contributed by atoms with Gasteiger partial charge in [0.05, 0.1) is 0 Å². The van der Waals surface area contributed by atoms with Gasteiger partial charge in [0.2, 0.25) is 0 Å². The molecule has 2 rings (SSSR count). The highest BCUT2D eigenvalue weighted by molar-refractivity contribution is 5.34. The first-order valence-corrected chi connectivity index (χ1v) is 5.62. The van der Waals surface area contributed by atoms with E-state index in [2.05, 4.69) is 15.3 Å². The molecule has 1 aromatic heterocycles. The molecule has 0 unspecified atom stereocenters. The first-order chi connectivity index (χ1) is 8.66. The average molecular weight is 249 g/mol. The van der Waals surface area contributed by atoms with E-state index in [4.69, 9.17) is 0 Å². The molecule has 1 N–H and O–H groups in total. The molecule has 5 heteroatoms. The minimum absolute atomic E-state index is 0.0933. The Balaban J connectivity index is 1.97. The smallest absolute Gasteiger partial charge is 0.129 e. The van der Waals surface area contributed by atoms with Gasteiger partial charge in [-0.1, -0.05) is 6.07 Å². The molecule has 0 aliphatic carbocycles. The minimum Gasteiger partial charge on any atom is -0.370 e. The predicted octanol–water partition coefficient (Wildman–Crippen LogP) is 2.72. The van der Waals surface area contributed by atoms with Crippen LogP contribution in [-0.2, 0) is 6.42 Å². The molecule has 0 saturated heterocycles. The zero-order valence-electron chi connectivity index (χ0n) is 9.95. The Labute approximate surface area is 104 Å². The third-order valence-electron chi connectivity index (χ3n) is 2.55. The van der Waals surface area contributed by atoms with E-state index in [0.717, 1.165) is 5.69 Å². The number of halogens is 2. The van der Waals surface area contributed by atoms with E-state index in [0.29, 0.717) is 12.4 Å². The lowest BCUT2D eigenvalue weighted by molar-refractivity contribution is 0.557. The molecule has 1 aromatic carbocycles. The molecule has 0 bridgehead atoms. The van der Waals surface area contributed by atoms with Crippen LogP contribution in [0.2, 0.25) is 0 Å². The molecule has 0 spiro atoms. The summed E-state index contributed by atoms with van der Waals surface area (Å²) in [5.74, 6) is -0.384. The largest absolute Gasteiger partial charge is 0.370 e. The van der Waals surface area contributed by atoms with Gasteiger partial charge in [-0.05, 0) is 25.5 Å². The number of benzene rings is 1. The summed E-state index contributed by atoms with van der Waals surface area (Å²) in [6.45, 7) is 2.26. The fourth-order valence-electron chi connectivity index (χ4n) is 1.64. The van der Waals surface area contributed by atoms with E-state index < -0.39 is 11.6 Å². The van der Waals surface area contributed by atoms with Gasteiger partial charge in [0.25, 0.3) is 0 Å². The van der Waals surface area contributed by atoms with Crippen molar-refractivity contribution in [2.75, 3.05) is 11.9 Å². The summed E-state index contributed by atoms with van der Waals surface area (Å²) < 4.78 is 26.7. The number of aryl methyl sites for hydroxylation is 1. The van der Waals surface area contributed by atoms with Crippen LogP contribution in [0.15, 0.2) is 30.6 Å². The topological polar surface area (TPSA) is 37.8 Å². The second-order valence-corrected chi connectivity index (χ2v) is 3.92. The number of rotatable bonds is 4. The second kappa shape index (κ2) is 5.53. The maximum Gasteiger partial charge on any atom is 0.129 e. The molecule has 0 saturated carbocycles. The molecule has 0 amide bonds. The SMILES string of the molecule is Cc1cc(NCCc2c(F)cccc2F)ncn1. The number of hydrogen-bond donors (Lipinski definition) is 1. The Morgan fingerprint density at radius 2 is 1.89 bits per heavy atom. The molecule has 0 aliphatic rings.